The molecule has 0 radical (unpaired) electrons. The standard InChI is InChI=1S/C15H22ClN3O/c1-10(12-4-3-7-17-9-12)8-15(20)19-13-5-6-14(16)18-11(13)2/h5-6,10,12,17H,3-4,7-9H2,1-2H3,(H,19,20). The van der Waals surface area contributed by atoms with Crippen LogP contribution in [0.5, 0.6) is 0 Å². The number of pyridine rings is 1. The van der Waals surface area contributed by atoms with Crippen LogP contribution in [-0.2, 0) is 4.79 Å². The number of anilines is 1. The summed E-state index contributed by atoms with van der Waals surface area (Å²) in [4.78, 5) is 16.2. The SMILES string of the molecule is Cc1nc(Cl)ccc1NC(=O)CC(C)C1CCCNC1. The van der Waals surface area contributed by atoms with E-state index in [-0.39, 0.29) is 5.91 Å². The molecule has 0 aromatic carbocycles. The van der Waals surface area contributed by atoms with Gasteiger partial charge in [-0.1, -0.05) is 18.5 Å². The van der Waals surface area contributed by atoms with Crippen LogP contribution in [0.1, 0.15) is 31.9 Å². The fourth-order valence-electron chi connectivity index (χ4n) is 2.69. The highest BCUT2D eigenvalue weighted by Crippen LogP contribution is 2.23. The molecule has 0 spiro atoms. The normalized spacial score (nSPS) is 20.4. The van der Waals surface area contributed by atoms with Gasteiger partial charge in [0.05, 0.1) is 11.4 Å². The molecule has 2 rings (SSSR count). The molecule has 0 aliphatic carbocycles. The number of piperidine rings is 1. The van der Waals surface area contributed by atoms with Crippen LogP contribution in [0, 0.1) is 18.8 Å². The van der Waals surface area contributed by atoms with Gasteiger partial charge in [0, 0.05) is 6.42 Å². The first-order valence-electron chi connectivity index (χ1n) is 7.20. The summed E-state index contributed by atoms with van der Waals surface area (Å²) < 4.78 is 0. The third-order valence-corrected chi connectivity index (χ3v) is 4.18. The number of carbonyl (C=O) groups is 1. The van der Waals surface area contributed by atoms with Crippen molar-refractivity contribution in [2.45, 2.75) is 33.1 Å². The highest BCUT2D eigenvalue weighted by atomic mass is 35.5. The molecule has 4 nitrogen and oxygen atoms in total. The Kier molecular flexibility index (Phi) is 5.38. The maximum Gasteiger partial charge on any atom is 0.224 e. The van der Waals surface area contributed by atoms with Gasteiger partial charge in [0.1, 0.15) is 5.15 Å². The zero-order chi connectivity index (χ0) is 14.5. The monoisotopic (exact) mass is 295 g/mol. The number of nitrogens with one attached hydrogen (secondary N) is 2. The molecule has 1 fully saturated rings. The van der Waals surface area contributed by atoms with Crippen LogP contribution in [0.2, 0.25) is 5.15 Å². The number of amides is 1. The van der Waals surface area contributed by atoms with E-state index in [1.54, 1.807) is 12.1 Å². The van der Waals surface area contributed by atoms with Gasteiger partial charge < -0.3 is 10.6 Å². The second-order valence-corrected chi connectivity index (χ2v) is 5.99. The molecule has 1 aromatic heterocycles. The van der Waals surface area contributed by atoms with Crippen LogP contribution in [0.25, 0.3) is 0 Å². The van der Waals surface area contributed by atoms with E-state index in [1.807, 2.05) is 6.92 Å². The molecule has 1 aliphatic rings. The second kappa shape index (κ2) is 7.04. The Morgan fingerprint density at radius 3 is 3.05 bits per heavy atom. The summed E-state index contributed by atoms with van der Waals surface area (Å²) in [6, 6.07) is 3.49. The predicted molar refractivity (Wildman–Crippen MR) is 82.0 cm³/mol. The molecule has 2 atom stereocenters. The van der Waals surface area contributed by atoms with Crippen molar-refractivity contribution in [3.63, 3.8) is 0 Å². The Morgan fingerprint density at radius 1 is 1.60 bits per heavy atom. The molecule has 2 heterocycles. The zero-order valence-corrected chi connectivity index (χ0v) is 12.8. The van der Waals surface area contributed by atoms with Gasteiger partial charge >= 0.3 is 0 Å². The summed E-state index contributed by atoms with van der Waals surface area (Å²) in [5, 5.41) is 6.77. The lowest BCUT2D eigenvalue weighted by Gasteiger charge is -2.28. The predicted octanol–water partition coefficient (Wildman–Crippen LogP) is 3.01. The number of hydrogen-bond donors (Lipinski definition) is 2. The van der Waals surface area contributed by atoms with E-state index >= 15 is 0 Å². The van der Waals surface area contributed by atoms with Crippen LogP contribution in [0.4, 0.5) is 5.69 Å². The Morgan fingerprint density at radius 2 is 2.40 bits per heavy atom. The summed E-state index contributed by atoms with van der Waals surface area (Å²) in [5.41, 5.74) is 1.49. The first-order valence-corrected chi connectivity index (χ1v) is 7.58. The van der Waals surface area contributed by atoms with Gasteiger partial charge in [0.15, 0.2) is 0 Å². The summed E-state index contributed by atoms with van der Waals surface area (Å²) in [7, 11) is 0. The average molecular weight is 296 g/mol. The summed E-state index contributed by atoms with van der Waals surface area (Å²) >= 11 is 5.81. The molecule has 1 aliphatic heterocycles. The minimum absolute atomic E-state index is 0.0512. The van der Waals surface area contributed by atoms with E-state index in [4.69, 9.17) is 11.6 Å². The van der Waals surface area contributed by atoms with E-state index < -0.39 is 0 Å². The minimum Gasteiger partial charge on any atom is -0.324 e. The molecule has 2 unspecified atom stereocenters. The fourth-order valence-corrected chi connectivity index (χ4v) is 2.88. The fraction of sp³-hybridized carbons (Fsp3) is 0.600. The number of carbonyl (C=O) groups excluding carboxylic acids is 1. The third-order valence-electron chi connectivity index (χ3n) is 3.97. The lowest BCUT2D eigenvalue weighted by atomic mass is 9.85. The highest BCUT2D eigenvalue weighted by Gasteiger charge is 2.22. The number of halogens is 1. The lowest BCUT2D eigenvalue weighted by molar-refractivity contribution is -0.117. The molecule has 20 heavy (non-hydrogen) atoms. The number of nitrogens with zero attached hydrogens (tertiary/aromatic N) is 1. The molecule has 5 heteroatoms. The van der Waals surface area contributed by atoms with Gasteiger partial charge in [-0.05, 0) is 56.8 Å². The Labute approximate surface area is 125 Å². The summed E-state index contributed by atoms with van der Waals surface area (Å²) in [6.45, 7) is 6.13. The van der Waals surface area contributed by atoms with E-state index in [2.05, 4.69) is 22.5 Å². The summed E-state index contributed by atoms with van der Waals surface area (Å²) in [5.74, 6) is 1.04. The number of aryl methyl sites for hydroxylation is 1. The smallest absolute Gasteiger partial charge is 0.224 e. The molecule has 1 aromatic rings. The van der Waals surface area contributed by atoms with Gasteiger partial charge in [-0.15, -0.1) is 0 Å². The number of rotatable bonds is 4. The molecule has 0 bridgehead atoms. The minimum atomic E-state index is 0.0512. The van der Waals surface area contributed by atoms with Gasteiger partial charge in [-0.3, -0.25) is 4.79 Å². The zero-order valence-electron chi connectivity index (χ0n) is 12.1. The van der Waals surface area contributed by atoms with Crippen molar-refractivity contribution in [1.82, 2.24) is 10.3 Å². The second-order valence-electron chi connectivity index (χ2n) is 5.60. The van der Waals surface area contributed by atoms with Crippen LogP contribution in [0.15, 0.2) is 12.1 Å². The van der Waals surface area contributed by atoms with Crippen molar-refractivity contribution >= 4 is 23.2 Å². The first-order chi connectivity index (χ1) is 9.56. The Bertz CT molecular complexity index is 472. The molecular formula is C15H22ClN3O. The van der Waals surface area contributed by atoms with Gasteiger partial charge in [0.25, 0.3) is 0 Å². The van der Waals surface area contributed by atoms with Gasteiger partial charge in [-0.25, -0.2) is 4.98 Å². The van der Waals surface area contributed by atoms with E-state index in [1.165, 1.54) is 12.8 Å². The van der Waals surface area contributed by atoms with Crippen molar-refractivity contribution in [2.24, 2.45) is 11.8 Å². The lowest BCUT2D eigenvalue weighted by Crippen LogP contribution is -2.34. The van der Waals surface area contributed by atoms with E-state index in [9.17, 15) is 4.79 Å². The van der Waals surface area contributed by atoms with Crippen LogP contribution < -0.4 is 10.6 Å². The molecular weight excluding hydrogens is 274 g/mol. The van der Waals surface area contributed by atoms with Crippen molar-refractivity contribution in [3.8, 4) is 0 Å². The van der Waals surface area contributed by atoms with Crippen molar-refractivity contribution < 1.29 is 4.79 Å². The van der Waals surface area contributed by atoms with Crippen molar-refractivity contribution in [2.75, 3.05) is 18.4 Å². The van der Waals surface area contributed by atoms with Crippen molar-refractivity contribution in [3.05, 3.63) is 23.0 Å². The molecule has 1 saturated heterocycles. The topological polar surface area (TPSA) is 54.0 Å². The molecule has 1 amide bonds. The van der Waals surface area contributed by atoms with Crippen LogP contribution in [-0.4, -0.2) is 24.0 Å². The highest BCUT2D eigenvalue weighted by molar-refractivity contribution is 6.29. The first kappa shape index (κ1) is 15.3. The van der Waals surface area contributed by atoms with Crippen LogP contribution in [0.3, 0.4) is 0 Å². The molecule has 0 saturated carbocycles. The van der Waals surface area contributed by atoms with Crippen LogP contribution >= 0.6 is 11.6 Å². The van der Waals surface area contributed by atoms with E-state index in [0.29, 0.717) is 23.4 Å². The Hall–Kier alpha value is -1.13. The third kappa shape index (κ3) is 4.18. The van der Waals surface area contributed by atoms with Gasteiger partial charge in [0.2, 0.25) is 5.91 Å². The number of hydrogen-bond acceptors (Lipinski definition) is 3. The largest absolute Gasteiger partial charge is 0.324 e. The van der Waals surface area contributed by atoms with E-state index in [0.717, 1.165) is 24.5 Å². The quantitative estimate of drug-likeness (QED) is 0.840. The number of aromatic nitrogens is 1. The maximum atomic E-state index is 12.1. The molecule has 2 N–H and O–H groups in total. The maximum absolute atomic E-state index is 12.1. The molecule has 110 valence electrons. The van der Waals surface area contributed by atoms with Crippen molar-refractivity contribution in [1.29, 1.82) is 0 Å². The van der Waals surface area contributed by atoms with Gasteiger partial charge in [-0.2, -0.15) is 0 Å². The average Bonchev–Trinajstić information content (AvgIpc) is 2.43. The summed E-state index contributed by atoms with van der Waals surface area (Å²) in [6.07, 6.45) is 2.97. The Balaban J connectivity index is 1.88.